The first-order valence-corrected chi connectivity index (χ1v) is 7.71. The first kappa shape index (κ1) is 15.3. The number of rotatable bonds is 1. The fraction of sp³-hybridized carbons (Fsp3) is 0.500. The van der Waals surface area contributed by atoms with Gasteiger partial charge in [-0.3, -0.25) is 4.79 Å². The molecule has 3 unspecified atom stereocenters. The summed E-state index contributed by atoms with van der Waals surface area (Å²) in [6.07, 6.45) is 7.04. The van der Waals surface area contributed by atoms with Crippen LogP contribution in [0.5, 0.6) is 0 Å². The minimum Gasteiger partial charge on any atom is -0.338 e. The van der Waals surface area contributed by atoms with Crippen molar-refractivity contribution >= 4 is 23.8 Å². The van der Waals surface area contributed by atoms with E-state index in [0.29, 0.717) is 17.4 Å². The molecule has 2 aromatic rings. The van der Waals surface area contributed by atoms with Gasteiger partial charge in [-0.05, 0) is 36.8 Å². The Morgan fingerprint density at radius 2 is 2.14 bits per heavy atom. The molecule has 4 rings (SSSR count). The zero-order valence-corrected chi connectivity index (χ0v) is 13.2. The molecule has 5 nitrogen and oxygen atoms in total. The van der Waals surface area contributed by atoms with Crippen LogP contribution in [0.4, 0.5) is 0 Å². The quantitative estimate of drug-likeness (QED) is 0.873. The van der Waals surface area contributed by atoms with E-state index >= 15 is 0 Å². The van der Waals surface area contributed by atoms with Crippen molar-refractivity contribution in [2.45, 2.75) is 25.3 Å². The highest BCUT2D eigenvalue weighted by molar-refractivity contribution is 6.00. The molecule has 3 atom stereocenters. The third-order valence-corrected chi connectivity index (χ3v) is 5.10. The molecule has 1 aliphatic carbocycles. The number of carbonyl (C=O) groups is 1. The Hall–Kier alpha value is -1.59. The zero-order valence-electron chi connectivity index (χ0n) is 12.4. The van der Waals surface area contributed by atoms with Gasteiger partial charge in [0.1, 0.15) is 0 Å². The molecule has 1 amide bonds. The number of amides is 1. The third kappa shape index (κ3) is 2.38. The lowest BCUT2D eigenvalue weighted by Crippen LogP contribution is -2.38. The summed E-state index contributed by atoms with van der Waals surface area (Å²) in [5.74, 6) is 1.15. The highest BCUT2D eigenvalue weighted by Crippen LogP contribution is 2.36. The zero-order chi connectivity index (χ0) is 14.4. The number of fused-ring (bicyclic) bond motifs is 2. The first-order chi connectivity index (χ1) is 10.2. The average Bonchev–Trinajstić information content (AvgIpc) is 3.11. The highest BCUT2D eigenvalue weighted by atomic mass is 35.5. The second kappa shape index (κ2) is 5.89. The number of halogens is 1. The predicted octanol–water partition coefficient (Wildman–Crippen LogP) is 1.96. The van der Waals surface area contributed by atoms with Gasteiger partial charge in [0, 0.05) is 25.3 Å². The summed E-state index contributed by atoms with van der Waals surface area (Å²) in [7, 11) is 0. The van der Waals surface area contributed by atoms with E-state index in [0.717, 1.165) is 25.0 Å². The fourth-order valence-electron chi connectivity index (χ4n) is 3.95. The summed E-state index contributed by atoms with van der Waals surface area (Å²) in [4.78, 5) is 14.8. The Bertz CT molecular complexity index is 686. The number of pyridine rings is 1. The van der Waals surface area contributed by atoms with Crippen LogP contribution in [0.1, 0.15) is 29.6 Å². The lowest BCUT2D eigenvalue weighted by molar-refractivity contribution is 0.0785. The van der Waals surface area contributed by atoms with Crippen LogP contribution in [0.25, 0.3) is 5.52 Å². The van der Waals surface area contributed by atoms with Crippen molar-refractivity contribution in [1.82, 2.24) is 14.5 Å². The Morgan fingerprint density at radius 1 is 1.27 bits per heavy atom. The number of nitrogens with zero attached hydrogens (tertiary/aromatic N) is 3. The Labute approximate surface area is 135 Å². The van der Waals surface area contributed by atoms with E-state index in [1.54, 1.807) is 10.7 Å². The molecule has 0 radical (unpaired) electrons. The van der Waals surface area contributed by atoms with E-state index < -0.39 is 0 Å². The van der Waals surface area contributed by atoms with Crippen molar-refractivity contribution in [2.24, 2.45) is 17.6 Å². The normalized spacial score (nSPS) is 27.5. The maximum Gasteiger partial charge on any atom is 0.257 e. The van der Waals surface area contributed by atoms with Crippen LogP contribution in [0.15, 0.2) is 30.6 Å². The maximum absolute atomic E-state index is 12.8. The number of carbonyl (C=O) groups excluding carboxylic acids is 1. The molecule has 118 valence electrons. The minimum atomic E-state index is 0. The van der Waals surface area contributed by atoms with Gasteiger partial charge in [-0.2, -0.15) is 5.10 Å². The summed E-state index contributed by atoms with van der Waals surface area (Å²) >= 11 is 0. The molecule has 6 heteroatoms. The number of hydrogen-bond donors (Lipinski definition) is 1. The van der Waals surface area contributed by atoms with Crippen molar-refractivity contribution in [2.75, 3.05) is 13.1 Å². The third-order valence-electron chi connectivity index (χ3n) is 5.10. The summed E-state index contributed by atoms with van der Waals surface area (Å²) in [5.41, 5.74) is 7.81. The van der Waals surface area contributed by atoms with E-state index in [9.17, 15) is 4.79 Å². The number of nitrogens with two attached hydrogens (primary N) is 1. The van der Waals surface area contributed by atoms with E-state index in [-0.39, 0.29) is 24.4 Å². The molecule has 1 aliphatic heterocycles. The van der Waals surface area contributed by atoms with Gasteiger partial charge in [0.2, 0.25) is 0 Å². The Morgan fingerprint density at radius 3 is 2.95 bits per heavy atom. The maximum atomic E-state index is 12.8. The summed E-state index contributed by atoms with van der Waals surface area (Å²) in [6, 6.07) is 6.05. The van der Waals surface area contributed by atoms with Crippen LogP contribution >= 0.6 is 12.4 Å². The first-order valence-electron chi connectivity index (χ1n) is 7.71. The molecule has 1 saturated carbocycles. The topological polar surface area (TPSA) is 63.6 Å². The minimum absolute atomic E-state index is 0. The molecule has 2 aliphatic rings. The molecule has 0 aromatic carbocycles. The number of aromatic nitrogens is 2. The van der Waals surface area contributed by atoms with Gasteiger partial charge in [0.25, 0.3) is 5.91 Å². The smallest absolute Gasteiger partial charge is 0.257 e. The van der Waals surface area contributed by atoms with Crippen LogP contribution in [0.2, 0.25) is 0 Å². The van der Waals surface area contributed by atoms with Crippen LogP contribution in [-0.4, -0.2) is 39.6 Å². The average molecular weight is 321 g/mol. The van der Waals surface area contributed by atoms with Gasteiger partial charge >= 0.3 is 0 Å². The van der Waals surface area contributed by atoms with Crippen LogP contribution < -0.4 is 5.73 Å². The van der Waals surface area contributed by atoms with Gasteiger partial charge in [-0.25, -0.2) is 4.52 Å². The molecule has 3 heterocycles. The molecule has 2 fully saturated rings. The van der Waals surface area contributed by atoms with Crippen molar-refractivity contribution in [3.05, 3.63) is 36.2 Å². The van der Waals surface area contributed by atoms with E-state index in [4.69, 9.17) is 5.73 Å². The molecule has 2 N–H and O–H groups in total. The summed E-state index contributed by atoms with van der Waals surface area (Å²) < 4.78 is 1.75. The lowest BCUT2D eigenvalue weighted by Gasteiger charge is -2.29. The Balaban J connectivity index is 0.00000144. The number of likely N-dealkylation sites (tertiary alicyclic amines) is 1. The van der Waals surface area contributed by atoms with E-state index in [1.807, 2.05) is 29.3 Å². The molecule has 0 bridgehead atoms. The van der Waals surface area contributed by atoms with Gasteiger partial charge < -0.3 is 10.6 Å². The van der Waals surface area contributed by atoms with Gasteiger partial charge in [0.15, 0.2) is 0 Å². The molecule has 2 aromatic heterocycles. The standard InChI is InChI=1S/C16H20N4O.ClH/c17-14-5-3-4-11-9-19(10-13(11)14)16(21)12-8-18-20-7-2-1-6-15(12)20;/h1-2,6-8,11,13-14H,3-5,9-10,17H2;1H. The molecule has 0 spiro atoms. The van der Waals surface area contributed by atoms with Crippen LogP contribution in [-0.2, 0) is 0 Å². The van der Waals surface area contributed by atoms with Gasteiger partial charge in [-0.15, -0.1) is 12.4 Å². The lowest BCUT2D eigenvalue weighted by atomic mass is 9.78. The second-order valence-corrected chi connectivity index (χ2v) is 6.32. The van der Waals surface area contributed by atoms with Gasteiger partial charge in [-0.1, -0.05) is 12.5 Å². The SMILES string of the molecule is Cl.NC1CCCC2CN(C(=O)c3cnn4ccccc34)CC12. The molecular formula is C16H21ClN4O. The van der Waals surface area contributed by atoms with Crippen LogP contribution in [0.3, 0.4) is 0 Å². The van der Waals surface area contributed by atoms with E-state index in [2.05, 4.69) is 5.10 Å². The summed E-state index contributed by atoms with van der Waals surface area (Å²) in [5, 5.41) is 4.26. The highest BCUT2D eigenvalue weighted by Gasteiger charge is 2.40. The largest absolute Gasteiger partial charge is 0.338 e. The molecule has 1 saturated heterocycles. The van der Waals surface area contributed by atoms with E-state index in [1.165, 1.54) is 12.8 Å². The van der Waals surface area contributed by atoms with Crippen molar-refractivity contribution < 1.29 is 4.79 Å². The monoisotopic (exact) mass is 320 g/mol. The van der Waals surface area contributed by atoms with Crippen LogP contribution in [0, 0.1) is 11.8 Å². The predicted molar refractivity (Wildman–Crippen MR) is 87.1 cm³/mol. The number of hydrogen-bond acceptors (Lipinski definition) is 3. The molecular weight excluding hydrogens is 300 g/mol. The Kier molecular flexibility index (Phi) is 4.10. The fourth-order valence-corrected chi connectivity index (χ4v) is 3.95. The van der Waals surface area contributed by atoms with Crippen molar-refractivity contribution in [1.29, 1.82) is 0 Å². The van der Waals surface area contributed by atoms with Gasteiger partial charge in [0.05, 0.1) is 17.3 Å². The van der Waals surface area contributed by atoms with Crippen molar-refractivity contribution in [3.8, 4) is 0 Å². The second-order valence-electron chi connectivity index (χ2n) is 6.32. The molecule has 22 heavy (non-hydrogen) atoms. The van der Waals surface area contributed by atoms with Crippen molar-refractivity contribution in [3.63, 3.8) is 0 Å². The summed E-state index contributed by atoms with van der Waals surface area (Å²) in [6.45, 7) is 1.65.